The number of carbonyl (C=O) groups is 1. The van der Waals surface area contributed by atoms with Crippen molar-refractivity contribution in [3.63, 3.8) is 0 Å². The van der Waals surface area contributed by atoms with Gasteiger partial charge in [-0.15, -0.1) is 33.3 Å². The van der Waals surface area contributed by atoms with Gasteiger partial charge in [0.05, 0.1) is 16.4 Å². The number of thiophene rings is 1. The van der Waals surface area contributed by atoms with Crippen LogP contribution in [-0.4, -0.2) is 31.3 Å². The van der Waals surface area contributed by atoms with E-state index in [9.17, 15) is 9.59 Å². The minimum atomic E-state index is -0.338. The Balaban J connectivity index is 1.41. The number of amides is 1. The van der Waals surface area contributed by atoms with Crippen molar-refractivity contribution in [2.75, 3.05) is 5.32 Å². The third-order valence-corrected chi connectivity index (χ3v) is 8.45. The molecule has 172 valence electrons. The lowest BCUT2D eigenvalue weighted by Crippen LogP contribution is -2.23. The molecule has 2 N–H and O–H groups in total. The number of nitrogens with one attached hydrogen (secondary N) is 2. The van der Waals surface area contributed by atoms with E-state index in [0.29, 0.717) is 32.8 Å². The highest BCUT2D eigenvalue weighted by Crippen LogP contribution is 2.31. The molecule has 0 aliphatic heterocycles. The summed E-state index contributed by atoms with van der Waals surface area (Å²) in [6.45, 7) is 6.08. The summed E-state index contributed by atoms with van der Waals surface area (Å²) in [5.41, 5.74) is 1.73. The molecule has 0 fully saturated rings. The fraction of sp³-hybridized carbons (Fsp3) is 0.348. The Kier molecular flexibility index (Phi) is 7.56. The standard InChI is InChI=1S/C23H25N5O2S3/c1-4-14(5-2)21-27-28-23(33-21)26-19(29)13(3)31-12-17-24-20(30)18-16(11-32-22(18)25-17)15-9-7-6-8-10-15/h6-11,13-14H,4-5,12H2,1-3H3,(H,24,25,30)(H,26,28,29). The van der Waals surface area contributed by atoms with Crippen molar-refractivity contribution in [1.29, 1.82) is 0 Å². The van der Waals surface area contributed by atoms with E-state index in [-0.39, 0.29) is 16.7 Å². The SMILES string of the molecule is CCC(CC)c1nnc(NC(=O)C(C)SCc2nc3scc(-c4ccccc4)c3c(=O)[nH]2)s1. The summed E-state index contributed by atoms with van der Waals surface area (Å²) < 4.78 is 0. The predicted molar refractivity (Wildman–Crippen MR) is 138 cm³/mol. The molecule has 3 heterocycles. The molecule has 0 saturated heterocycles. The van der Waals surface area contributed by atoms with Crippen LogP contribution < -0.4 is 10.9 Å². The second kappa shape index (κ2) is 10.6. The second-order valence-electron chi connectivity index (χ2n) is 7.61. The maximum atomic E-state index is 12.8. The van der Waals surface area contributed by atoms with E-state index in [1.165, 1.54) is 34.4 Å². The van der Waals surface area contributed by atoms with E-state index in [2.05, 4.69) is 39.3 Å². The largest absolute Gasteiger partial charge is 0.309 e. The molecule has 0 spiro atoms. The molecule has 0 aliphatic carbocycles. The second-order valence-corrected chi connectivity index (χ2v) is 10.8. The lowest BCUT2D eigenvalue weighted by Gasteiger charge is -2.10. The van der Waals surface area contributed by atoms with Gasteiger partial charge < -0.3 is 4.98 Å². The Morgan fingerprint density at radius 1 is 1.18 bits per heavy atom. The summed E-state index contributed by atoms with van der Waals surface area (Å²) in [5.74, 6) is 1.22. The molecule has 3 aromatic heterocycles. The summed E-state index contributed by atoms with van der Waals surface area (Å²) in [4.78, 5) is 33.6. The molecule has 4 rings (SSSR count). The van der Waals surface area contributed by atoms with Crippen LogP contribution in [-0.2, 0) is 10.5 Å². The molecule has 0 bridgehead atoms. The fourth-order valence-corrected chi connectivity index (χ4v) is 6.20. The highest BCUT2D eigenvalue weighted by molar-refractivity contribution is 7.99. The predicted octanol–water partition coefficient (Wildman–Crippen LogP) is 5.67. The van der Waals surface area contributed by atoms with Crippen molar-refractivity contribution in [2.24, 2.45) is 0 Å². The molecule has 0 saturated carbocycles. The number of aromatic nitrogens is 4. The Hall–Kier alpha value is -2.56. The number of benzene rings is 1. The monoisotopic (exact) mass is 499 g/mol. The minimum absolute atomic E-state index is 0.141. The first-order valence-corrected chi connectivity index (χ1v) is 13.6. The summed E-state index contributed by atoms with van der Waals surface area (Å²) >= 11 is 4.30. The lowest BCUT2D eigenvalue weighted by atomic mass is 10.1. The summed E-state index contributed by atoms with van der Waals surface area (Å²) in [7, 11) is 0. The Morgan fingerprint density at radius 2 is 1.94 bits per heavy atom. The van der Waals surface area contributed by atoms with Gasteiger partial charge in [-0.1, -0.05) is 55.5 Å². The third kappa shape index (κ3) is 5.34. The molecule has 1 amide bonds. The molecule has 1 aromatic carbocycles. The van der Waals surface area contributed by atoms with Gasteiger partial charge >= 0.3 is 0 Å². The van der Waals surface area contributed by atoms with E-state index < -0.39 is 0 Å². The highest BCUT2D eigenvalue weighted by atomic mass is 32.2. The van der Waals surface area contributed by atoms with Crippen LogP contribution in [0.25, 0.3) is 21.3 Å². The molecular formula is C23H25N5O2S3. The first-order chi connectivity index (χ1) is 16.0. The van der Waals surface area contributed by atoms with Gasteiger partial charge in [0.15, 0.2) is 0 Å². The molecular weight excluding hydrogens is 474 g/mol. The van der Waals surface area contributed by atoms with Crippen LogP contribution in [0.2, 0.25) is 0 Å². The van der Waals surface area contributed by atoms with Crippen LogP contribution in [0.3, 0.4) is 0 Å². The molecule has 10 heteroatoms. The quantitative estimate of drug-likeness (QED) is 0.308. The van der Waals surface area contributed by atoms with Crippen LogP contribution in [0, 0.1) is 0 Å². The van der Waals surface area contributed by atoms with E-state index in [0.717, 1.165) is 29.0 Å². The molecule has 1 atom stereocenters. The number of aromatic amines is 1. The topological polar surface area (TPSA) is 101 Å². The number of nitrogens with zero attached hydrogens (tertiary/aromatic N) is 3. The number of anilines is 1. The lowest BCUT2D eigenvalue weighted by molar-refractivity contribution is -0.115. The average Bonchev–Trinajstić information content (AvgIpc) is 3.46. The number of thioether (sulfide) groups is 1. The molecule has 0 radical (unpaired) electrons. The van der Waals surface area contributed by atoms with E-state index in [1.54, 1.807) is 0 Å². The first-order valence-electron chi connectivity index (χ1n) is 10.8. The summed E-state index contributed by atoms with van der Waals surface area (Å²) in [6.07, 6.45) is 2.00. The van der Waals surface area contributed by atoms with Crippen molar-refractivity contribution < 1.29 is 4.79 Å². The Morgan fingerprint density at radius 3 is 2.67 bits per heavy atom. The molecule has 1 unspecified atom stereocenters. The molecule has 0 aliphatic rings. The number of H-pyrrole nitrogens is 1. The van der Waals surface area contributed by atoms with Crippen LogP contribution in [0.4, 0.5) is 5.13 Å². The van der Waals surface area contributed by atoms with E-state index in [1.807, 2.05) is 42.6 Å². The maximum absolute atomic E-state index is 12.8. The Labute approximate surface area is 204 Å². The molecule has 33 heavy (non-hydrogen) atoms. The van der Waals surface area contributed by atoms with Crippen molar-refractivity contribution in [3.05, 3.63) is 56.9 Å². The average molecular weight is 500 g/mol. The van der Waals surface area contributed by atoms with E-state index >= 15 is 0 Å². The van der Waals surface area contributed by atoms with Crippen molar-refractivity contribution in [3.8, 4) is 11.1 Å². The van der Waals surface area contributed by atoms with Crippen LogP contribution in [0.1, 0.15) is 50.4 Å². The number of hydrogen-bond acceptors (Lipinski definition) is 8. The van der Waals surface area contributed by atoms with Gasteiger partial charge in [-0.05, 0) is 25.3 Å². The van der Waals surface area contributed by atoms with Gasteiger partial charge in [-0.2, -0.15) is 0 Å². The van der Waals surface area contributed by atoms with Gasteiger partial charge in [-0.3, -0.25) is 14.9 Å². The van der Waals surface area contributed by atoms with Crippen molar-refractivity contribution in [2.45, 2.75) is 50.5 Å². The summed E-state index contributed by atoms with van der Waals surface area (Å²) in [5, 5.41) is 14.9. The zero-order valence-electron chi connectivity index (χ0n) is 18.6. The van der Waals surface area contributed by atoms with Crippen molar-refractivity contribution in [1.82, 2.24) is 20.2 Å². The van der Waals surface area contributed by atoms with Gasteiger partial charge in [0.2, 0.25) is 11.0 Å². The molecule has 7 nitrogen and oxygen atoms in total. The van der Waals surface area contributed by atoms with Gasteiger partial charge in [-0.25, -0.2) is 4.98 Å². The van der Waals surface area contributed by atoms with Gasteiger partial charge in [0, 0.05) is 16.9 Å². The van der Waals surface area contributed by atoms with Crippen LogP contribution in [0.15, 0.2) is 40.5 Å². The highest BCUT2D eigenvalue weighted by Gasteiger charge is 2.19. The zero-order chi connectivity index (χ0) is 23.4. The van der Waals surface area contributed by atoms with Crippen LogP contribution >= 0.6 is 34.4 Å². The number of hydrogen-bond donors (Lipinski definition) is 2. The zero-order valence-corrected chi connectivity index (χ0v) is 21.1. The summed E-state index contributed by atoms with van der Waals surface area (Å²) in [6, 6.07) is 9.82. The number of rotatable bonds is 9. The molecule has 4 aromatic rings. The van der Waals surface area contributed by atoms with E-state index in [4.69, 9.17) is 0 Å². The van der Waals surface area contributed by atoms with Crippen molar-refractivity contribution >= 4 is 55.7 Å². The smallest absolute Gasteiger partial charge is 0.260 e. The van der Waals surface area contributed by atoms with Gasteiger partial charge in [0.1, 0.15) is 15.7 Å². The normalized spacial score (nSPS) is 12.4. The number of carbonyl (C=O) groups excluding carboxylic acids is 1. The number of fused-ring (bicyclic) bond motifs is 1. The van der Waals surface area contributed by atoms with Crippen LogP contribution in [0.5, 0.6) is 0 Å². The third-order valence-electron chi connectivity index (χ3n) is 5.42. The first kappa shape index (κ1) is 23.6. The Bertz CT molecular complexity index is 1290. The maximum Gasteiger partial charge on any atom is 0.260 e. The minimum Gasteiger partial charge on any atom is -0.309 e. The van der Waals surface area contributed by atoms with Gasteiger partial charge in [0.25, 0.3) is 5.56 Å². The fourth-order valence-electron chi connectivity index (χ4n) is 3.47.